The largest absolute Gasteiger partial charge is 0.496 e. The second kappa shape index (κ2) is 6.96. The molecule has 0 bridgehead atoms. The van der Waals surface area contributed by atoms with Crippen LogP contribution in [0, 0.1) is 0 Å². The van der Waals surface area contributed by atoms with Crippen molar-refractivity contribution in [1.29, 1.82) is 0 Å². The molecule has 0 atom stereocenters. The number of aliphatic hydroxyl groups is 1. The number of hydrogen-bond acceptors (Lipinski definition) is 3. The zero-order valence-corrected chi connectivity index (χ0v) is 13.1. The van der Waals surface area contributed by atoms with Gasteiger partial charge in [0.05, 0.1) is 18.7 Å². The predicted molar refractivity (Wildman–Crippen MR) is 84.6 cm³/mol. The Morgan fingerprint density at radius 1 is 1.33 bits per heavy atom. The van der Waals surface area contributed by atoms with Crippen LogP contribution in [0.25, 0.3) is 11.1 Å². The molecule has 0 amide bonds. The number of halogens is 1. The highest BCUT2D eigenvalue weighted by Crippen LogP contribution is 2.35. The van der Waals surface area contributed by atoms with Crippen LogP contribution in [-0.4, -0.2) is 23.4 Å². The average Bonchev–Trinajstić information content (AvgIpc) is 2.49. The first-order valence-corrected chi connectivity index (χ1v) is 7.50. The first-order valence-electron chi connectivity index (χ1n) is 7.12. The van der Waals surface area contributed by atoms with Crippen molar-refractivity contribution in [3.8, 4) is 16.9 Å². The number of benzene rings is 1. The van der Waals surface area contributed by atoms with E-state index >= 15 is 0 Å². The summed E-state index contributed by atoms with van der Waals surface area (Å²) in [5, 5.41) is 9.46. The Balaban J connectivity index is 2.67. The first kappa shape index (κ1) is 15.9. The minimum atomic E-state index is -0.234. The van der Waals surface area contributed by atoms with Crippen molar-refractivity contribution in [2.45, 2.75) is 32.7 Å². The van der Waals surface area contributed by atoms with Gasteiger partial charge in [-0.25, -0.2) is 0 Å². The minimum absolute atomic E-state index is 0.0605. The van der Waals surface area contributed by atoms with Crippen LogP contribution in [0.15, 0.2) is 23.1 Å². The lowest BCUT2D eigenvalue weighted by Crippen LogP contribution is -2.13. The number of unbranched alkanes of at least 4 members (excludes halogenated alkanes) is 1. The number of aromatic nitrogens is 1. The summed E-state index contributed by atoms with van der Waals surface area (Å²) in [6.45, 7) is 2.70. The van der Waals surface area contributed by atoms with Crippen molar-refractivity contribution < 1.29 is 9.84 Å². The van der Waals surface area contributed by atoms with Gasteiger partial charge in [-0.3, -0.25) is 4.79 Å². The number of hydrogen-bond donors (Lipinski definition) is 1. The summed E-state index contributed by atoms with van der Waals surface area (Å²) < 4.78 is 7.28. The summed E-state index contributed by atoms with van der Waals surface area (Å²) >= 11 is 6.16. The van der Waals surface area contributed by atoms with Crippen molar-refractivity contribution in [2.24, 2.45) is 0 Å². The van der Waals surface area contributed by atoms with E-state index in [2.05, 4.69) is 6.92 Å². The Morgan fingerprint density at radius 3 is 2.71 bits per heavy atom. The van der Waals surface area contributed by atoms with Gasteiger partial charge in [0.2, 0.25) is 5.43 Å². The summed E-state index contributed by atoms with van der Waals surface area (Å²) in [7, 11) is 1.53. The summed E-state index contributed by atoms with van der Waals surface area (Å²) in [4.78, 5) is 11.9. The predicted octanol–water partition coefficient (Wildman–Crippen LogP) is 2.95. The number of fused-ring (bicyclic) bond motifs is 1. The third-order valence-electron chi connectivity index (χ3n) is 3.58. The van der Waals surface area contributed by atoms with Gasteiger partial charge in [-0.2, -0.15) is 0 Å². The number of pyridine rings is 1. The normalized spacial score (nSPS) is 11.0. The van der Waals surface area contributed by atoms with Crippen LogP contribution in [0.5, 0.6) is 5.75 Å². The van der Waals surface area contributed by atoms with Crippen molar-refractivity contribution >= 4 is 11.6 Å². The molecule has 0 saturated heterocycles. The van der Waals surface area contributed by atoms with E-state index in [1.807, 2.05) is 16.8 Å². The van der Waals surface area contributed by atoms with E-state index in [1.165, 1.54) is 13.2 Å². The van der Waals surface area contributed by atoms with E-state index in [0.717, 1.165) is 30.5 Å². The fourth-order valence-electron chi connectivity index (χ4n) is 2.46. The van der Waals surface area contributed by atoms with Crippen molar-refractivity contribution in [3.63, 3.8) is 0 Å². The van der Waals surface area contributed by atoms with Crippen molar-refractivity contribution in [3.05, 3.63) is 39.3 Å². The molecule has 2 aliphatic rings. The molecule has 114 valence electrons. The number of aliphatic hydroxyl groups excluding tert-OH is 1. The molecule has 1 N–H and O–H groups in total. The topological polar surface area (TPSA) is 51.5 Å². The minimum Gasteiger partial charge on any atom is -0.496 e. The van der Waals surface area contributed by atoms with Gasteiger partial charge >= 0.3 is 0 Å². The van der Waals surface area contributed by atoms with Gasteiger partial charge < -0.3 is 14.4 Å². The quantitative estimate of drug-likeness (QED) is 0.892. The summed E-state index contributed by atoms with van der Waals surface area (Å²) in [6, 6.07) is 3.34. The van der Waals surface area contributed by atoms with Crippen LogP contribution in [0.1, 0.15) is 25.5 Å². The Morgan fingerprint density at radius 2 is 2.10 bits per heavy atom. The van der Waals surface area contributed by atoms with E-state index in [1.54, 1.807) is 0 Å². The molecule has 2 rings (SSSR count). The van der Waals surface area contributed by atoms with Gasteiger partial charge in [0.15, 0.2) is 0 Å². The van der Waals surface area contributed by atoms with Crippen LogP contribution >= 0.6 is 11.6 Å². The number of rotatable bonds is 6. The fourth-order valence-corrected chi connectivity index (χ4v) is 2.68. The lowest BCUT2D eigenvalue weighted by molar-refractivity contribution is 0.274. The van der Waals surface area contributed by atoms with Gasteiger partial charge in [-0.15, -0.1) is 0 Å². The highest BCUT2D eigenvalue weighted by molar-refractivity contribution is 6.33. The fraction of sp³-hybridized carbons (Fsp3) is 0.438. The molecule has 0 aromatic rings. The SMILES string of the molecule is CCCCc1cc2c(Cl)c(=O)cc(OC)c-2cn1CCO. The molecule has 0 saturated carbocycles. The third kappa shape index (κ3) is 3.22. The number of methoxy groups -OCH3 is 1. The molecular formula is C16H20ClNO3. The molecule has 0 radical (unpaired) electrons. The molecule has 5 heteroatoms. The van der Waals surface area contributed by atoms with Crippen LogP contribution in [0.4, 0.5) is 0 Å². The Labute approximate surface area is 129 Å². The zero-order valence-electron chi connectivity index (χ0n) is 12.4. The first-order chi connectivity index (χ1) is 10.1. The number of aryl methyl sites for hydroxylation is 1. The van der Waals surface area contributed by atoms with E-state index in [0.29, 0.717) is 17.9 Å². The molecular weight excluding hydrogens is 290 g/mol. The van der Waals surface area contributed by atoms with Crippen LogP contribution in [-0.2, 0) is 13.0 Å². The number of nitrogens with zero attached hydrogens (tertiary/aromatic N) is 1. The van der Waals surface area contributed by atoms with Gasteiger partial charge in [0.25, 0.3) is 0 Å². The maximum absolute atomic E-state index is 11.9. The molecule has 1 aliphatic carbocycles. The Hall–Kier alpha value is -1.52. The van der Waals surface area contributed by atoms with Crippen molar-refractivity contribution in [1.82, 2.24) is 4.57 Å². The number of ether oxygens (including phenoxy) is 1. The summed E-state index contributed by atoms with van der Waals surface area (Å²) in [6.07, 6.45) is 4.91. The van der Waals surface area contributed by atoms with Gasteiger partial charge in [-0.1, -0.05) is 24.9 Å². The van der Waals surface area contributed by atoms with Crippen LogP contribution in [0.2, 0.25) is 5.02 Å². The lowest BCUT2D eigenvalue weighted by atomic mass is 10.0. The second-order valence-electron chi connectivity index (χ2n) is 5.00. The van der Waals surface area contributed by atoms with Gasteiger partial charge in [0, 0.05) is 35.6 Å². The lowest BCUT2D eigenvalue weighted by Gasteiger charge is -2.19. The summed E-state index contributed by atoms with van der Waals surface area (Å²) in [5.74, 6) is 0.508. The molecule has 21 heavy (non-hydrogen) atoms. The molecule has 1 heterocycles. The molecule has 0 aromatic carbocycles. The van der Waals surface area contributed by atoms with Crippen molar-refractivity contribution in [2.75, 3.05) is 13.7 Å². The molecule has 0 spiro atoms. The third-order valence-corrected chi connectivity index (χ3v) is 3.97. The molecule has 4 nitrogen and oxygen atoms in total. The highest BCUT2D eigenvalue weighted by atomic mass is 35.5. The van der Waals surface area contributed by atoms with E-state index < -0.39 is 0 Å². The molecule has 0 fully saturated rings. The standard InChI is InChI=1S/C16H20ClNO3/c1-3-4-5-11-8-12-13(10-18(11)6-7-19)15(21-2)9-14(20)16(12)17/h8-10,19H,3-7H2,1-2H3. The van der Waals surface area contributed by atoms with Gasteiger partial charge in [0.1, 0.15) is 5.75 Å². The maximum atomic E-state index is 11.9. The smallest absolute Gasteiger partial charge is 0.201 e. The van der Waals surface area contributed by atoms with Gasteiger partial charge in [-0.05, 0) is 18.9 Å². The summed E-state index contributed by atoms with van der Waals surface area (Å²) in [5.41, 5.74) is 2.33. The maximum Gasteiger partial charge on any atom is 0.201 e. The Bertz CT molecular complexity index is 651. The molecule has 1 aliphatic heterocycles. The monoisotopic (exact) mass is 309 g/mol. The highest BCUT2D eigenvalue weighted by Gasteiger charge is 2.18. The zero-order chi connectivity index (χ0) is 15.4. The Kier molecular flexibility index (Phi) is 5.26. The van der Waals surface area contributed by atoms with Crippen LogP contribution < -0.4 is 10.2 Å². The second-order valence-corrected chi connectivity index (χ2v) is 5.38. The molecule has 0 unspecified atom stereocenters. The average molecular weight is 310 g/mol. The van der Waals surface area contributed by atoms with E-state index in [-0.39, 0.29) is 17.1 Å². The molecule has 0 aromatic heterocycles. The van der Waals surface area contributed by atoms with E-state index in [9.17, 15) is 9.90 Å². The van der Waals surface area contributed by atoms with E-state index in [4.69, 9.17) is 16.3 Å². The van der Waals surface area contributed by atoms with Crippen LogP contribution in [0.3, 0.4) is 0 Å².